The Morgan fingerprint density at radius 3 is 3.10 bits per heavy atom. The Morgan fingerprint density at radius 1 is 1.40 bits per heavy atom. The molecule has 2 amide bonds. The number of hydrogen-bond acceptors (Lipinski definition) is 4. The molecule has 7 heteroatoms. The van der Waals surface area contributed by atoms with E-state index in [1.54, 1.807) is 18.2 Å². The molecule has 0 bridgehead atoms. The van der Waals surface area contributed by atoms with E-state index in [4.69, 9.17) is 9.47 Å². The zero-order chi connectivity index (χ0) is 13.9. The van der Waals surface area contributed by atoms with Gasteiger partial charge >= 0.3 is 0 Å². The highest BCUT2D eigenvalue weighted by molar-refractivity contribution is 5.95. The van der Waals surface area contributed by atoms with Crippen LogP contribution in [0.25, 0.3) is 0 Å². The second-order valence-corrected chi connectivity index (χ2v) is 4.74. The molecule has 1 atom stereocenters. The third kappa shape index (κ3) is 2.67. The number of piperazine rings is 1. The number of hydrogen-bond donors (Lipinski definition) is 3. The lowest BCUT2D eigenvalue weighted by atomic mass is 10.1. The smallest absolute Gasteiger partial charge is 0.278 e. The fourth-order valence-electron chi connectivity index (χ4n) is 2.28. The first-order valence-corrected chi connectivity index (χ1v) is 6.53. The third-order valence-electron chi connectivity index (χ3n) is 3.29. The Balaban J connectivity index is 1.60. The molecular weight excluding hydrogens is 262 g/mol. The zero-order valence-electron chi connectivity index (χ0n) is 10.8. The Morgan fingerprint density at radius 2 is 2.25 bits per heavy atom. The monoisotopic (exact) mass is 278 g/mol. The van der Waals surface area contributed by atoms with Crippen LogP contribution in [0.2, 0.25) is 0 Å². The minimum Gasteiger partial charge on any atom is -0.454 e. The van der Waals surface area contributed by atoms with Crippen molar-refractivity contribution in [3.8, 4) is 11.5 Å². The summed E-state index contributed by atoms with van der Waals surface area (Å²) in [4.78, 5) is 23.5. The quantitative estimate of drug-likeness (QED) is 0.648. The van der Waals surface area contributed by atoms with Gasteiger partial charge in [-0.25, -0.2) is 0 Å². The normalized spacial score (nSPS) is 20.4. The summed E-state index contributed by atoms with van der Waals surface area (Å²) < 4.78 is 10.4. The molecule has 106 valence electrons. The van der Waals surface area contributed by atoms with Gasteiger partial charge in [-0.2, -0.15) is 0 Å². The van der Waals surface area contributed by atoms with Crippen molar-refractivity contribution < 1.29 is 24.4 Å². The minimum atomic E-state index is -0.349. The summed E-state index contributed by atoms with van der Waals surface area (Å²) in [5, 5.41) is 7.40. The molecule has 7 nitrogen and oxygen atoms in total. The summed E-state index contributed by atoms with van der Waals surface area (Å²) in [5.41, 5.74) is 0.635. The molecule has 3 rings (SSSR count). The molecule has 1 aromatic rings. The van der Waals surface area contributed by atoms with E-state index < -0.39 is 0 Å². The first-order valence-electron chi connectivity index (χ1n) is 6.53. The van der Waals surface area contributed by atoms with Gasteiger partial charge in [-0.15, -0.1) is 0 Å². The van der Waals surface area contributed by atoms with E-state index in [2.05, 4.69) is 10.6 Å². The maximum Gasteiger partial charge on any atom is 0.278 e. The van der Waals surface area contributed by atoms with E-state index in [0.717, 1.165) is 6.54 Å². The molecule has 0 aromatic heterocycles. The Bertz CT molecular complexity index is 546. The van der Waals surface area contributed by atoms with Crippen molar-refractivity contribution in [3.05, 3.63) is 18.2 Å². The van der Waals surface area contributed by atoms with Gasteiger partial charge in [0.05, 0.1) is 19.5 Å². The Hall–Kier alpha value is -2.28. The molecule has 1 fully saturated rings. The first kappa shape index (κ1) is 12.7. The van der Waals surface area contributed by atoms with Gasteiger partial charge in [-0.3, -0.25) is 9.59 Å². The zero-order valence-corrected chi connectivity index (χ0v) is 10.8. The van der Waals surface area contributed by atoms with Crippen molar-refractivity contribution in [3.63, 3.8) is 0 Å². The maximum atomic E-state index is 11.9. The predicted molar refractivity (Wildman–Crippen MR) is 69.4 cm³/mol. The molecule has 0 aliphatic carbocycles. The average molecular weight is 278 g/mol. The van der Waals surface area contributed by atoms with Gasteiger partial charge in [0.2, 0.25) is 12.7 Å². The molecule has 2 aliphatic heterocycles. The number of anilines is 1. The fourth-order valence-corrected chi connectivity index (χ4v) is 2.28. The molecule has 4 N–H and O–H groups in total. The van der Waals surface area contributed by atoms with E-state index >= 15 is 0 Å². The molecule has 0 saturated carbocycles. The maximum absolute atomic E-state index is 11.9. The molecule has 2 aliphatic rings. The van der Waals surface area contributed by atoms with E-state index in [9.17, 15) is 9.59 Å². The number of nitrogens with two attached hydrogens (primary N) is 1. The molecule has 2 heterocycles. The van der Waals surface area contributed by atoms with E-state index in [-0.39, 0.29) is 31.1 Å². The summed E-state index contributed by atoms with van der Waals surface area (Å²) in [6, 6.07) is 4.86. The lowest BCUT2D eigenvalue weighted by Crippen LogP contribution is -2.96. The van der Waals surface area contributed by atoms with Gasteiger partial charge in [0.15, 0.2) is 17.5 Å². The predicted octanol–water partition coefficient (Wildman–Crippen LogP) is -1.19. The molecule has 0 radical (unpaired) electrons. The van der Waals surface area contributed by atoms with E-state index in [1.807, 2.05) is 5.32 Å². The number of carbonyl (C=O) groups is 2. The van der Waals surface area contributed by atoms with Gasteiger partial charge in [0.25, 0.3) is 5.91 Å². The highest BCUT2D eigenvalue weighted by Gasteiger charge is 2.28. The van der Waals surface area contributed by atoms with Crippen LogP contribution >= 0.6 is 0 Å². The van der Waals surface area contributed by atoms with E-state index in [1.165, 1.54) is 0 Å². The molecule has 20 heavy (non-hydrogen) atoms. The standard InChI is InChI=1S/C13H15N3O4/c17-12(6-9-13(18)15-4-3-14-9)16-8-1-2-10-11(5-8)20-7-19-10/h1-2,5,9,14H,3-4,6-7H2,(H,15,18)(H,16,17)/p+1/t9-/m0/s1. The largest absolute Gasteiger partial charge is 0.454 e. The van der Waals surface area contributed by atoms with Crippen molar-refractivity contribution in [2.24, 2.45) is 0 Å². The van der Waals surface area contributed by atoms with Crippen LogP contribution in [0.3, 0.4) is 0 Å². The number of fused-ring (bicyclic) bond motifs is 1. The van der Waals surface area contributed by atoms with Gasteiger partial charge < -0.3 is 25.4 Å². The number of ether oxygens (including phenoxy) is 2. The third-order valence-corrected chi connectivity index (χ3v) is 3.29. The fraction of sp³-hybridized carbons (Fsp3) is 0.385. The van der Waals surface area contributed by atoms with Gasteiger partial charge in [-0.1, -0.05) is 0 Å². The SMILES string of the molecule is O=C(C[C@@H]1[NH2+]CCNC1=O)Nc1ccc2c(c1)OCO2. The lowest BCUT2D eigenvalue weighted by molar-refractivity contribution is -0.678. The number of nitrogens with one attached hydrogen (secondary N) is 2. The second kappa shape index (κ2) is 5.38. The molecule has 1 aromatic carbocycles. The average Bonchev–Trinajstić information content (AvgIpc) is 2.89. The Labute approximate surface area is 115 Å². The summed E-state index contributed by atoms with van der Waals surface area (Å²) in [7, 11) is 0. The number of amides is 2. The van der Waals surface area contributed by atoms with Crippen LogP contribution in [0.15, 0.2) is 18.2 Å². The summed E-state index contributed by atoms with van der Waals surface area (Å²) in [5.74, 6) is 1.01. The van der Waals surface area contributed by atoms with Crippen molar-refractivity contribution in [2.45, 2.75) is 12.5 Å². The molecular formula is C13H16N3O4+. The van der Waals surface area contributed by atoms with Gasteiger partial charge in [0.1, 0.15) is 0 Å². The van der Waals surface area contributed by atoms with Crippen molar-refractivity contribution in [2.75, 3.05) is 25.2 Å². The number of carbonyl (C=O) groups excluding carboxylic acids is 2. The first-order chi connectivity index (χ1) is 9.72. The van der Waals surface area contributed by atoms with Crippen LogP contribution in [0.1, 0.15) is 6.42 Å². The van der Waals surface area contributed by atoms with Crippen LogP contribution in [-0.2, 0) is 9.59 Å². The van der Waals surface area contributed by atoms with Gasteiger partial charge in [0, 0.05) is 11.8 Å². The van der Waals surface area contributed by atoms with Crippen molar-refractivity contribution in [1.29, 1.82) is 0 Å². The Kier molecular flexibility index (Phi) is 3.42. The highest BCUT2D eigenvalue weighted by atomic mass is 16.7. The van der Waals surface area contributed by atoms with E-state index in [0.29, 0.717) is 23.7 Å². The van der Waals surface area contributed by atoms with Crippen LogP contribution < -0.4 is 25.4 Å². The van der Waals surface area contributed by atoms with Crippen LogP contribution in [0.4, 0.5) is 5.69 Å². The van der Waals surface area contributed by atoms with Crippen LogP contribution in [0, 0.1) is 0 Å². The molecule has 0 spiro atoms. The molecule has 1 saturated heterocycles. The van der Waals surface area contributed by atoms with Crippen LogP contribution in [-0.4, -0.2) is 37.7 Å². The number of rotatable bonds is 3. The van der Waals surface area contributed by atoms with Crippen molar-refractivity contribution >= 4 is 17.5 Å². The number of benzene rings is 1. The molecule has 0 unspecified atom stereocenters. The number of quaternary nitrogens is 1. The lowest BCUT2D eigenvalue weighted by Gasteiger charge is -2.19. The van der Waals surface area contributed by atoms with Crippen molar-refractivity contribution in [1.82, 2.24) is 5.32 Å². The van der Waals surface area contributed by atoms with Crippen LogP contribution in [0.5, 0.6) is 11.5 Å². The van der Waals surface area contributed by atoms with Gasteiger partial charge in [-0.05, 0) is 12.1 Å². The summed E-state index contributed by atoms with van der Waals surface area (Å²) >= 11 is 0. The second-order valence-electron chi connectivity index (χ2n) is 4.74. The summed E-state index contributed by atoms with van der Waals surface area (Å²) in [6.45, 7) is 1.65. The highest BCUT2D eigenvalue weighted by Crippen LogP contribution is 2.34. The summed E-state index contributed by atoms with van der Waals surface area (Å²) in [6.07, 6.45) is 0.153. The minimum absolute atomic E-state index is 0.0860. The topological polar surface area (TPSA) is 93.3 Å².